The average molecular weight is 425 g/mol. The summed E-state index contributed by atoms with van der Waals surface area (Å²) in [6, 6.07) is 6.55. The van der Waals surface area contributed by atoms with Crippen LogP contribution in [0.2, 0.25) is 0 Å². The number of para-hydroxylation sites is 1. The molecule has 3 saturated heterocycles. The van der Waals surface area contributed by atoms with Gasteiger partial charge in [0.15, 0.2) is 21.4 Å². The van der Waals surface area contributed by atoms with Crippen LogP contribution in [-0.4, -0.2) is 74.0 Å². The van der Waals surface area contributed by atoms with Gasteiger partial charge in [-0.3, -0.25) is 9.69 Å². The third kappa shape index (κ3) is 4.91. The molecular formula is C21H29FN2O4S. The molecule has 3 fully saturated rings. The van der Waals surface area contributed by atoms with E-state index in [1.54, 1.807) is 18.2 Å². The molecule has 0 spiro atoms. The predicted molar refractivity (Wildman–Crippen MR) is 108 cm³/mol. The molecule has 29 heavy (non-hydrogen) atoms. The highest BCUT2D eigenvalue weighted by atomic mass is 32.2. The Hall–Kier alpha value is -1.67. The average Bonchev–Trinajstić information content (AvgIpc) is 3.10. The molecule has 0 N–H and O–H groups in total. The minimum Gasteiger partial charge on any atom is -0.487 e. The Balaban J connectivity index is 1.23. The maximum Gasteiger partial charge on any atom is 0.225 e. The molecule has 3 heterocycles. The fourth-order valence-electron chi connectivity index (χ4n) is 4.75. The zero-order valence-corrected chi connectivity index (χ0v) is 17.4. The number of nitrogens with zero attached hydrogens (tertiary/aromatic N) is 2. The number of amides is 1. The van der Waals surface area contributed by atoms with E-state index in [2.05, 4.69) is 4.90 Å². The summed E-state index contributed by atoms with van der Waals surface area (Å²) in [6.45, 7) is 2.87. The lowest BCUT2D eigenvalue weighted by Gasteiger charge is -2.38. The van der Waals surface area contributed by atoms with E-state index in [4.69, 9.17) is 4.74 Å². The van der Waals surface area contributed by atoms with Gasteiger partial charge in [-0.15, -0.1) is 0 Å². The van der Waals surface area contributed by atoms with Crippen LogP contribution < -0.4 is 4.74 Å². The molecule has 1 atom stereocenters. The number of benzene rings is 1. The smallest absolute Gasteiger partial charge is 0.225 e. The first-order chi connectivity index (χ1) is 13.9. The van der Waals surface area contributed by atoms with Crippen molar-refractivity contribution in [3.63, 3.8) is 0 Å². The van der Waals surface area contributed by atoms with Gasteiger partial charge in [-0.1, -0.05) is 12.1 Å². The lowest BCUT2D eigenvalue weighted by atomic mass is 9.93. The van der Waals surface area contributed by atoms with E-state index in [0.29, 0.717) is 31.7 Å². The normalized spacial score (nSPS) is 26.5. The van der Waals surface area contributed by atoms with Crippen molar-refractivity contribution in [2.45, 2.75) is 44.2 Å². The standard InChI is InChI=1S/C21H29FN2O4S/c22-19-3-1-2-4-20(19)28-18-7-12-24(13-8-18)21(25)16-5-10-23(11-6-16)17-9-14-29(26,27)15-17/h1-4,16-18H,5-15H2. The summed E-state index contributed by atoms with van der Waals surface area (Å²) >= 11 is 0. The van der Waals surface area contributed by atoms with Gasteiger partial charge in [0.1, 0.15) is 6.10 Å². The Bertz CT molecular complexity index is 831. The lowest BCUT2D eigenvalue weighted by molar-refractivity contribution is -0.139. The molecule has 4 rings (SSSR count). The van der Waals surface area contributed by atoms with E-state index < -0.39 is 9.84 Å². The third-order valence-corrected chi connectivity index (χ3v) is 8.24. The van der Waals surface area contributed by atoms with Crippen LogP contribution in [0.4, 0.5) is 4.39 Å². The summed E-state index contributed by atoms with van der Waals surface area (Å²) in [5, 5.41) is 0. The summed E-state index contributed by atoms with van der Waals surface area (Å²) < 4.78 is 42.9. The maximum atomic E-state index is 13.8. The van der Waals surface area contributed by atoms with E-state index in [1.165, 1.54) is 6.07 Å². The first-order valence-corrected chi connectivity index (χ1v) is 12.4. The van der Waals surface area contributed by atoms with Gasteiger partial charge in [-0.25, -0.2) is 12.8 Å². The van der Waals surface area contributed by atoms with Crippen molar-refractivity contribution in [2.75, 3.05) is 37.7 Å². The molecular weight excluding hydrogens is 395 g/mol. The number of hydrogen-bond donors (Lipinski definition) is 0. The zero-order chi connectivity index (χ0) is 20.4. The van der Waals surface area contributed by atoms with E-state index in [1.807, 2.05) is 4.90 Å². The minimum absolute atomic E-state index is 0.0216. The molecule has 0 aliphatic carbocycles. The number of hydrogen-bond acceptors (Lipinski definition) is 5. The highest BCUT2D eigenvalue weighted by Crippen LogP contribution is 2.27. The van der Waals surface area contributed by atoms with Crippen molar-refractivity contribution in [1.29, 1.82) is 0 Å². The molecule has 0 bridgehead atoms. The van der Waals surface area contributed by atoms with E-state index in [-0.39, 0.29) is 41.3 Å². The molecule has 0 aromatic heterocycles. The first kappa shape index (κ1) is 20.6. The van der Waals surface area contributed by atoms with Crippen LogP contribution >= 0.6 is 0 Å². The van der Waals surface area contributed by atoms with Crippen molar-refractivity contribution in [1.82, 2.24) is 9.80 Å². The monoisotopic (exact) mass is 424 g/mol. The van der Waals surface area contributed by atoms with Crippen LogP contribution in [0, 0.1) is 11.7 Å². The predicted octanol–water partition coefficient (Wildman–Crippen LogP) is 2.09. The van der Waals surface area contributed by atoms with Crippen LogP contribution in [0.5, 0.6) is 5.75 Å². The molecule has 1 aromatic rings. The fourth-order valence-corrected chi connectivity index (χ4v) is 6.51. The maximum absolute atomic E-state index is 13.8. The second-order valence-electron chi connectivity index (χ2n) is 8.44. The summed E-state index contributed by atoms with van der Waals surface area (Å²) in [5.74, 6) is 0.703. The van der Waals surface area contributed by atoms with Gasteiger partial charge in [0.2, 0.25) is 5.91 Å². The van der Waals surface area contributed by atoms with Crippen LogP contribution in [0.3, 0.4) is 0 Å². The second-order valence-corrected chi connectivity index (χ2v) is 10.7. The van der Waals surface area contributed by atoms with Gasteiger partial charge in [0.05, 0.1) is 11.5 Å². The molecule has 0 saturated carbocycles. The van der Waals surface area contributed by atoms with Gasteiger partial charge in [-0.2, -0.15) is 0 Å². The quantitative estimate of drug-likeness (QED) is 0.741. The van der Waals surface area contributed by atoms with Gasteiger partial charge in [0.25, 0.3) is 0 Å². The van der Waals surface area contributed by atoms with Gasteiger partial charge < -0.3 is 9.64 Å². The molecule has 0 radical (unpaired) electrons. The molecule has 3 aliphatic rings. The highest BCUT2D eigenvalue weighted by molar-refractivity contribution is 7.91. The molecule has 8 heteroatoms. The summed E-state index contributed by atoms with van der Waals surface area (Å²) in [5.41, 5.74) is 0. The fraction of sp³-hybridized carbons (Fsp3) is 0.667. The van der Waals surface area contributed by atoms with E-state index in [9.17, 15) is 17.6 Å². The molecule has 6 nitrogen and oxygen atoms in total. The van der Waals surface area contributed by atoms with Crippen molar-refractivity contribution in [3.05, 3.63) is 30.1 Å². The summed E-state index contributed by atoms with van der Waals surface area (Å²) in [4.78, 5) is 17.1. The topological polar surface area (TPSA) is 66.9 Å². The number of likely N-dealkylation sites (tertiary alicyclic amines) is 2. The van der Waals surface area contributed by atoms with Crippen LogP contribution in [0.1, 0.15) is 32.1 Å². The number of carbonyl (C=O) groups excluding carboxylic acids is 1. The van der Waals surface area contributed by atoms with E-state index >= 15 is 0 Å². The molecule has 1 aromatic carbocycles. The Morgan fingerprint density at radius 3 is 2.31 bits per heavy atom. The molecule has 1 amide bonds. The van der Waals surface area contributed by atoms with Crippen molar-refractivity contribution in [3.8, 4) is 5.75 Å². The number of piperidine rings is 2. The Morgan fingerprint density at radius 2 is 1.69 bits per heavy atom. The number of rotatable bonds is 4. The first-order valence-electron chi connectivity index (χ1n) is 10.6. The minimum atomic E-state index is -2.87. The largest absolute Gasteiger partial charge is 0.487 e. The lowest BCUT2D eigenvalue weighted by Crippen LogP contribution is -2.48. The SMILES string of the molecule is O=C(C1CCN(C2CCS(=O)(=O)C2)CC1)N1CCC(Oc2ccccc2F)CC1. The second kappa shape index (κ2) is 8.60. The van der Waals surface area contributed by atoms with Crippen LogP contribution in [0.25, 0.3) is 0 Å². The molecule has 1 unspecified atom stereocenters. The van der Waals surface area contributed by atoms with Gasteiger partial charge >= 0.3 is 0 Å². The Kier molecular flexibility index (Phi) is 6.11. The third-order valence-electron chi connectivity index (χ3n) is 6.49. The molecule has 160 valence electrons. The van der Waals surface area contributed by atoms with Gasteiger partial charge in [0, 0.05) is 37.9 Å². The van der Waals surface area contributed by atoms with Crippen LogP contribution in [-0.2, 0) is 14.6 Å². The van der Waals surface area contributed by atoms with E-state index in [0.717, 1.165) is 32.4 Å². The van der Waals surface area contributed by atoms with Crippen molar-refractivity contribution in [2.24, 2.45) is 5.92 Å². The number of sulfone groups is 1. The highest BCUT2D eigenvalue weighted by Gasteiger charge is 2.36. The number of ether oxygens (including phenoxy) is 1. The van der Waals surface area contributed by atoms with Gasteiger partial charge in [-0.05, 0) is 44.5 Å². The molecule has 3 aliphatic heterocycles. The Labute approximate surface area is 171 Å². The number of halogens is 1. The number of carbonyl (C=O) groups is 1. The van der Waals surface area contributed by atoms with Crippen LogP contribution in [0.15, 0.2) is 24.3 Å². The summed E-state index contributed by atoms with van der Waals surface area (Å²) in [7, 11) is -2.87. The van der Waals surface area contributed by atoms with Crippen molar-refractivity contribution >= 4 is 15.7 Å². The zero-order valence-electron chi connectivity index (χ0n) is 16.6. The Morgan fingerprint density at radius 1 is 1.00 bits per heavy atom. The van der Waals surface area contributed by atoms with Crippen molar-refractivity contribution < 1.29 is 22.3 Å². The summed E-state index contributed by atoms with van der Waals surface area (Å²) in [6.07, 6.45) is 3.65.